The van der Waals surface area contributed by atoms with E-state index in [1.54, 1.807) is 26.1 Å². The minimum atomic E-state index is -0.901. The Morgan fingerprint density at radius 2 is 2.19 bits per heavy atom. The summed E-state index contributed by atoms with van der Waals surface area (Å²) >= 11 is 1.48. The Labute approximate surface area is 127 Å². The first-order valence-corrected chi connectivity index (χ1v) is 7.45. The van der Waals surface area contributed by atoms with E-state index in [0.717, 1.165) is 16.0 Å². The molecule has 21 heavy (non-hydrogen) atoms. The van der Waals surface area contributed by atoms with E-state index in [1.165, 1.54) is 11.3 Å². The number of aromatic carboxylic acids is 1. The number of benzene rings is 1. The number of thiazole rings is 1. The van der Waals surface area contributed by atoms with Crippen LogP contribution < -0.4 is 5.32 Å². The number of nitrogens with zero attached hydrogens (tertiary/aromatic N) is 1. The second-order valence-electron chi connectivity index (χ2n) is 4.90. The van der Waals surface area contributed by atoms with E-state index in [-0.39, 0.29) is 0 Å². The number of hydrogen-bond acceptors (Lipinski definition) is 5. The fraction of sp³-hybridized carbons (Fsp3) is 0.333. The van der Waals surface area contributed by atoms with Gasteiger partial charge in [0.1, 0.15) is 11.1 Å². The second kappa shape index (κ2) is 6.80. The molecule has 1 heterocycles. The van der Waals surface area contributed by atoms with Crippen LogP contribution in [-0.4, -0.2) is 21.2 Å². The zero-order chi connectivity index (χ0) is 15.4. The maximum atomic E-state index is 10.9. The van der Waals surface area contributed by atoms with Gasteiger partial charge in [0.05, 0.1) is 5.56 Å². The van der Waals surface area contributed by atoms with Crippen molar-refractivity contribution in [1.82, 2.24) is 10.3 Å². The van der Waals surface area contributed by atoms with Gasteiger partial charge in [0.15, 0.2) is 0 Å². The molecule has 0 aliphatic carbocycles. The van der Waals surface area contributed by atoms with Crippen LogP contribution in [0.15, 0.2) is 24.4 Å². The fourth-order valence-electron chi connectivity index (χ4n) is 2.00. The van der Waals surface area contributed by atoms with Crippen molar-refractivity contribution in [1.29, 1.82) is 0 Å². The lowest BCUT2D eigenvalue weighted by molar-refractivity contribution is 0.0696. The van der Waals surface area contributed by atoms with Gasteiger partial charge in [-0.2, -0.15) is 0 Å². The van der Waals surface area contributed by atoms with Crippen LogP contribution in [0.2, 0.25) is 0 Å². The Balaban J connectivity index is 1.91. The largest absolute Gasteiger partial charge is 0.478 e. The van der Waals surface area contributed by atoms with Gasteiger partial charge in [-0.1, -0.05) is 12.1 Å². The molecule has 5 nitrogen and oxygen atoms in total. The minimum absolute atomic E-state index is 0.336. The quantitative estimate of drug-likeness (QED) is 0.764. The maximum absolute atomic E-state index is 10.9. The number of aliphatic hydroxyl groups excluding tert-OH is 1. The number of aryl methyl sites for hydroxylation is 1. The molecule has 6 heteroatoms. The molecule has 2 aromatic rings. The number of aromatic nitrogens is 1. The highest BCUT2D eigenvalue weighted by Gasteiger charge is 2.08. The normalized spacial score (nSPS) is 12.3. The lowest BCUT2D eigenvalue weighted by Crippen LogP contribution is -2.12. The Hall–Kier alpha value is -1.76. The molecule has 3 N–H and O–H groups in total. The summed E-state index contributed by atoms with van der Waals surface area (Å²) in [6, 6.07) is 5.33. The molecule has 0 spiro atoms. The lowest BCUT2D eigenvalue weighted by Gasteiger charge is -2.06. The van der Waals surface area contributed by atoms with E-state index < -0.39 is 12.1 Å². The van der Waals surface area contributed by atoms with Gasteiger partial charge in [0.25, 0.3) is 0 Å². The SMILES string of the molecule is Cc1cc(CNCc2cnc(C(C)O)s2)ccc1C(=O)O. The van der Waals surface area contributed by atoms with Crippen molar-refractivity contribution in [3.63, 3.8) is 0 Å². The van der Waals surface area contributed by atoms with Gasteiger partial charge in [-0.05, 0) is 31.0 Å². The first-order valence-electron chi connectivity index (χ1n) is 6.63. The van der Waals surface area contributed by atoms with Crippen molar-refractivity contribution < 1.29 is 15.0 Å². The molecule has 0 fully saturated rings. The van der Waals surface area contributed by atoms with Gasteiger partial charge in [-0.3, -0.25) is 0 Å². The van der Waals surface area contributed by atoms with Gasteiger partial charge >= 0.3 is 5.97 Å². The molecule has 0 saturated carbocycles. The molecule has 1 atom stereocenters. The van der Waals surface area contributed by atoms with Crippen molar-refractivity contribution in [3.05, 3.63) is 51.0 Å². The highest BCUT2D eigenvalue weighted by molar-refractivity contribution is 7.11. The smallest absolute Gasteiger partial charge is 0.335 e. The van der Waals surface area contributed by atoms with Crippen molar-refractivity contribution in [2.24, 2.45) is 0 Å². The van der Waals surface area contributed by atoms with Crippen LogP contribution in [0.5, 0.6) is 0 Å². The molecular formula is C15H18N2O3S. The number of carboxylic acids is 1. The number of hydrogen-bond donors (Lipinski definition) is 3. The molecule has 1 unspecified atom stereocenters. The average Bonchev–Trinajstić information content (AvgIpc) is 2.87. The first-order chi connectivity index (χ1) is 9.97. The molecule has 0 aliphatic heterocycles. The molecule has 0 radical (unpaired) electrons. The number of carbonyl (C=O) groups is 1. The van der Waals surface area contributed by atoms with E-state index >= 15 is 0 Å². The van der Waals surface area contributed by atoms with E-state index in [0.29, 0.717) is 23.7 Å². The Bertz CT molecular complexity index is 638. The summed E-state index contributed by atoms with van der Waals surface area (Å²) in [5.41, 5.74) is 2.14. The van der Waals surface area contributed by atoms with E-state index in [2.05, 4.69) is 10.3 Å². The van der Waals surface area contributed by atoms with Crippen LogP contribution >= 0.6 is 11.3 Å². The highest BCUT2D eigenvalue weighted by atomic mass is 32.1. The van der Waals surface area contributed by atoms with Gasteiger partial charge in [-0.15, -0.1) is 11.3 Å². The zero-order valence-electron chi connectivity index (χ0n) is 12.0. The number of carboxylic acid groups (broad SMARTS) is 1. The second-order valence-corrected chi connectivity index (χ2v) is 6.05. The predicted octanol–water partition coefficient (Wildman–Crippen LogP) is 2.49. The molecule has 2 rings (SSSR count). The number of nitrogens with one attached hydrogen (secondary N) is 1. The standard InChI is InChI=1S/C15H18N2O3S/c1-9-5-11(3-4-13(9)15(19)20)6-16-7-12-8-17-14(21-12)10(2)18/h3-5,8,10,16,18H,6-7H2,1-2H3,(H,19,20). The summed E-state index contributed by atoms with van der Waals surface area (Å²) in [6.45, 7) is 4.82. The molecule has 0 amide bonds. The summed E-state index contributed by atoms with van der Waals surface area (Å²) in [5.74, 6) is -0.901. The van der Waals surface area contributed by atoms with Gasteiger partial charge in [-0.25, -0.2) is 9.78 Å². The van der Waals surface area contributed by atoms with Crippen LogP contribution in [0.25, 0.3) is 0 Å². The molecule has 0 bridgehead atoms. The monoisotopic (exact) mass is 306 g/mol. The highest BCUT2D eigenvalue weighted by Crippen LogP contribution is 2.19. The Kier molecular flexibility index (Phi) is 5.06. The summed E-state index contributed by atoms with van der Waals surface area (Å²) in [7, 11) is 0. The van der Waals surface area contributed by atoms with Crippen molar-refractivity contribution >= 4 is 17.3 Å². The first kappa shape index (κ1) is 15.6. The summed E-state index contributed by atoms with van der Waals surface area (Å²) in [6.07, 6.45) is 1.23. The predicted molar refractivity (Wildman–Crippen MR) is 81.4 cm³/mol. The molecular weight excluding hydrogens is 288 g/mol. The summed E-state index contributed by atoms with van der Waals surface area (Å²) < 4.78 is 0. The maximum Gasteiger partial charge on any atom is 0.335 e. The number of aliphatic hydroxyl groups is 1. The topological polar surface area (TPSA) is 82.5 Å². The third-order valence-corrected chi connectivity index (χ3v) is 4.25. The molecule has 1 aromatic heterocycles. The van der Waals surface area contributed by atoms with Crippen LogP contribution in [0.4, 0.5) is 0 Å². The van der Waals surface area contributed by atoms with Crippen molar-refractivity contribution in [3.8, 4) is 0 Å². The molecule has 0 aliphatic rings. The van der Waals surface area contributed by atoms with Crippen LogP contribution in [-0.2, 0) is 13.1 Å². The third kappa shape index (κ3) is 4.10. The summed E-state index contributed by atoms with van der Waals surface area (Å²) in [5, 5.41) is 22.4. The molecule has 0 saturated heterocycles. The summed E-state index contributed by atoms with van der Waals surface area (Å²) in [4.78, 5) is 16.2. The van der Waals surface area contributed by atoms with E-state index in [9.17, 15) is 9.90 Å². The van der Waals surface area contributed by atoms with Crippen LogP contribution in [0.3, 0.4) is 0 Å². The fourth-order valence-corrected chi connectivity index (χ4v) is 2.83. The van der Waals surface area contributed by atoms with Crippen molar-refractivity contribution in [2.45, 2.75) is 33.0 Å². The van der Waals surface area contributed by atoms with Gasteiger partial charge in [0.2, 0.25) is 0 Å². The van der Waals surface area contributed by atoms with Gasteiger partial charge in [0, 0.05) is 24.2 Å². The van der Waals surface area contributed by atoms with Gasteiger partial charge < -0.3 is 15.5 Å². The molecule has 1 aromatic carbocycles. The third-order valence-electron chi connectivity index (χ3n) is 3.08. The van der Waals surface area contributed by atoms with E-state index in [1.807, 2.05) is 12.1 Å². The zero-order valence-corrected chi connectivity index (χ0v) is 12.8. The van der Waals surface area contributed by atoms with Crippen molar-refractivity contribution in [2.75, 3.05) is 0 Å². The molecule has 112 valence electrons. The average molecular weight is 306 g/mol. The van der Waals surface area contributed by atoms with Crippen LogP contribution in [0.1, 0.15) is 44.4 Å². The van der Waals surface area contributed by atoms with Crippen LogP contribution in [0, 0.1) is 6.92 Å². The number of rotatable bonds is 6. The Morgan fingerprint density at radius 1 is 1.43 bits per heavy atom. The lowest BCUT2D eigenvalue weighted by atomic mass is 10.1. The minimum Gasteiger partial charge on any atom is -0.478 e. The van der Waals surface area contributed by atoms with E-state index in [4.69, 9.17) is 5.11 Å². The Morgan fingerprint density at radius 3 is 2.76 bits per heavy atom.